The number of hydrogen-bond donors (Lipinski definition) is 1. The van der Waals surface area contributed by atoms with Gasteiger partial charge in [0, 0.05) is 13.0 Å². The van der Waals surface area contributed by atoms with Crippen LogP contribution in [0.5, 0.6) is 0 Å². The Morgan fingerprint density at radius 2 is 1.83 bits per heavy atom. The minimum Gasteiger partial charge on any atom is -0.349 e. The van der Waals surface area contributed by atoms with Crippen molar-refractivity contribution in [3.63, 3.8) is 0 Å². The van der Waals surface area contributed by atoms with E-state index < -0.39 is 0 Å². The van der Waals surface area contributed by atoms with Crippen molar-refractivity contribution in [2.75, 3.05) is 26.3 Å². The molecule has 0 atom stereocenters. The molecule has 4 heteroatoms. The molecule has 1 N–H and O–H groups in total. The van der Waals surface area contributed by atoms with Crippen LogP contribution >= 0.6 is 12.4 Å². The Kier molecular flexibility index (Phi) is 3.77. The Bertz CT molecular complexity index is 112. The van der Waals surface area contributed by atoms with E-state index in [0.29, 0.717) is 0 Å². The number of nitrogens with one attached hydrogen (secondary N) is 1. The molecule has 3 nitrogen and oxygen atoms in total. The van der Waals surface area contributed by atoms with E-state index in [4.69, 9.17) is 9.47 Å². The zero-order chi connectivity index (χ0) is 7.57. The van der Waals surface area contributed by atoms with Crippen LogP contribution in [0.2, 0.25) is 0 Å². The molecule has 0 aromatic heterocycles. The molecule has 0 aromatic carbocycles. The van der Waals surface area contributed by atoms with E-state index in [2.05, 4.69) is 5.32 Å². The highest BCUT2D eigenvalue weighted by atomic mass is 35.5. The Morgan fingerprint density at radius 1 is 1.08 bits per heavy atom. The molecule has 0 aromatic rings. The second-order valence-corrected chi connectivity index (χ2v) is 3.24. The molecule has 0 bridgehead atoms. The summed E-state index contributed by atoms with van der Waals surface area (Å²) >= 11 is 0. The summed E-state index contributed by atoms with van der Waals surface area (Å²) in [6, 6.07) is 0. The zero-order valence-corrected chi connectivity index (χ0v) is 7.99. The van der Waals surface area contributed by atoms with E-state index in [-0.39, 0.29) is 18.2 Å². The van der Waals surface area contributed by atoms with E-state index in [1.165, 1.54) is 6.42 Å². The molecule has 0 aliphatic carbocycles. The highest BCUT2D eigenvalue weighted by molar-refractivity contribution is 5.85. The van der Waals surface area contributed by atoms with Crippen LogP contribution in [0.4, 0.5) is 0 Å². The second-order valence-electron chi connectivity index (χ2n) is 3.24. The summed E-state index contributed by atoms with van der Waals surface area (Å²) in [6.07, 6.45) is 3.27. The molecule has 2 heterocycles. The number of ether oxygens (including phenoxy) is 2. The van der Waals surface area contributed by atoms with Crippen LogP contribution in [0, 0.1) is 0 Å². The molecule has 0 radical (unpaired) electrons. The highest BCUT2D eigenvalue weighted by Crippen LogP contribution is 2.25. The lowest BCUT2D eigenvalue weighted by molar-refractivity contribution is -0.272. The van der Waals surface area contributed by atoms with E-state index in [9.17, 15) is 0 Å². The molecule has 1 spiro atoms. The Morgan fingerprint density at radius 3 is 2.42 bits per heavy atom. The third-order valence-corrected chi connectivity index (χ3v) is 2.32. The first kappa shape index (κ1) is 10.3. The quantitative estimate of drug-likeness (QED) is 0.621. The molecule has 2 aliphatic rings. The van der Waals surface area contributed by atoms with Gasteiger partial charge in [-0.1, -0.05) is 0 Å². The van der Waals surface area contributed by atoms with Crippen LogP contribution in [-0.2, 0) is 9.47 Å². The summed E-state index contributed by atoms with van der Waals surface area (Å²) in [5, 5.41) is 3.30. The first-order valence-electron chi connectivity index (χ1n) is 4.40. The van der Waals surface area contributed by atoms with E-state index in [0.717, 1.165) is 39.1 Å². The highest BCUT2D eigenvalue weighted by Gasteiger charge is 2.35. The SMILES string of the molecule is C1COC2(CCCNC2)OC1.Cl. The lowest BCUT2D eigenvalue weighted by Crippen LogP contribution is -2.52. The predicted octanol–water partition coefficient (Wildman–Crippen LogP) is 0.925. The first-order valence-corrected chi connectivity index (χ1v) is 4.40. The van der Waals surface area contributed by atoms with Gasteiger partial charge in [0.2, 0.25) is 0 Å². The fraction of sp³-hybridized carbons (Fsp3) is 1.00. The third kappa shape index (κ3) is 2.10. The van der Waals surface area contributed by atoms with Gasteiger partial charge in [0.25, 0.3) is 0 Å². The van der Waals surface area contributed by atoms with Crippen LogP contribution in [0.3, 0.4) is 0 Å². The summed E-state index contributed by atoms with van der Waals surface area (Å²) in [6.45, 7) is 3.70. The molecule has 2 aliphatic heterocycles. The fourth-order valence-electron chi connectivity index (χ4n) is 1.71. The number of halogens is 1. The lowest BCUT2D eigenvalue weighted by atomic mass is 10.1. The fourth-order valence-corrected chi connectivity index (χ4v) is 1.71. The van der Waals surface area contributed by atoms with Crippen molar-refractivity contribution >= 4 is 12.4 Å². The van der Waals surface area contributed by atoms with Gasteiger partial charge in [-0.25, -0.2) is 0 Å². The van der Waals surface area contributed by atoms with Crippen molar-refractivity contribution in [2.24, 2.45) is 0 Å². The Labute approximate surface area is 79.2 Å². The summed E-state index contributed by atoms with van der Waals surface area (Å²) < 4.78 is 11.2. The van der Waals surface area contributed by atoms with E-state index >= 15 is 0 Å². The molecular weight excluding hydrogens is 178 g/mol. The predicted molar refractivity (Wildman–Crippen MR) is 48.6 cm³/mol. The molecular formula is C8H16ClNO2. The largest absolute Gasteiger partial charge is 0.349 e. The molecule has 2 rings (SSSR count). The second kappa shape index (κ2) is 4.42. The van der Waals surface area contributed by atoms with Crippen LogP contribution in [-0.4, -0.2) is 32.1 Å². The van der Waals surface area contributed by atoms with Crippen LogP contribution in [0.25, 0.3) is 0 Å². The maximum absolute atomic E-state index is 5.62. The van der Waals surface area contributed by atoms with Gasteiger partial charge < -0.3 is 14.8 Å². The molecule has 0 unspecified atom stereocenters. The smallest absolute Gasteiger partial charge is 0.180 e. The third-order valence-electron chi connectivity index (χ3n) is 2.32. The van der Waals surface area contributed by atoms with Gasteiger partial charge in [-0.2, -0.15) is 0 Å². The monoisotopic (exact) mass is 193 g/mol. The molecule has 72 valence electrons. The molecule has 2 fully saturated rings. The molecule has 0 amide bonds. The van der Waals surface area contributed by atoms with Crippen molar-refractivity contribution in [3.05, 3.63) is 0 Å². The van der Waals surface area contributed by atoms with Gasteiger partial charge in [-0.3, -0.25) is 0 Å². The van der Waals surface area contributed by atoms with Crippen molar-refractivity contribution in [1.29, 1.82) is 0 Å². The maximum atomic E-state index is 5.62. The normalized spacial score (nSPS) is 28.0. The Hall–Kier alpha value is 0.170. The summed E-state index contributed by atoms with van der Waals surface area (Å²) in [5.74, 6) is -0.253. The number of hydrogen-bond acceptors (Lipinski definition) is 3. The van der Waals surface area contributed by atoms with E-state index in [1.807, 2.05) is 0 Å². The van der Waals surface area contributed by atoms with Crippen LogP contribution in [0.15, 0.2) is 0 Å². The van der Waals surface area contributed by atoms with Gasteiger partial charge in [-0.05, 0) is 19.4 Å². The van der Waals surface area contributed by atoms with Crippen LogP contribution in [0.1, 0.15) is 19.3 Å². The minimum atomic E-state index is -0.253. The van der Waals surface area contributed by atoms with Gasteiger partial charge in [0.1, 0.15) is 0 Å². The van der Waals surface area contributed by atoms with Crippen molar-refractivity contribution in [1.82, 2.24) is 5.32 Å². The van der Waals surface area contributed by atoms with Gasteiger partial charge in [0.05, 0.1) is 13.2 Å². The minimum absolute atomic E-state index is 0. The summed E-state index contributed by atoms with van der Waals surface area (Å²) in [7, 11) is 0. The molecule has 0 saturated carbocycles. The van der Waals surface area contributed by atoms with Crippen LogP contribution < -0.4 is 5.32 Å². The van der Waals surface area contributed by atoms with Gasteiger partial charge in [-0.15, -0.1) is 12.4 Å². The standard InChI is InChI=1S/C8H15NO2.ClH/c1-3-8(7-9-4-1)10-5-2-6-11-8;/h9H,1-7H2;1H. The maximum Gasteiger partial charge on any atom is 0.180 e. The van der Waals surface area contributed by atoms with Crippen molar-refractivity contribution < 1.29 is 9.47 Å². The van der Waals surface area contributed by atoms with E-state index in [1.54, 1.807) is 0 Å². The lowest BCUT2D eigenvalue weighted by Gasteiger charge is -2.40. The zero-order valence-electron chi connectivity index (χ0n) is 7.17. The number of piperidine rings is 1. The topological polar surface area (TPSA) is 30.5 Å². The Balaban J connectivity index is 0.000000720. The average Bonchev–Trinajstić information content (AvgIpc) is 2.07. The van der Waals surface area contributed by atoms with Crippen molar-refractivity contribution in [3.8, 4) is 0 Å². The van der Waals surface area contributed by atoms with Gasteiger partial charge >= 0.3 is 0 Å². The number of rotatable bonds is 0. The summed E-state index contributed by atoms with van der Waals surface area (Å²) in [4.78, 5) is 0. The average molecular weight is 194 g/mol. The van der Waals surface area contributed by atoms with Crippen molar-refractivity contribution in [2.45, 2.75) is 25.0 Å². The van der Waals surface area contributed by atoms with Gasteiger partial charge in [0.15, 0.2) is 5.79 Å². The molecule has 12 heavy (non-hydrogen) atoms. The summed E-state index contributed by atoms with van der Waals surface area (Å²) in [5.41, 5.74) is 0. The molecule has 2 saturated heterocycles. The first-order chi connectivity index (χ1) is 5.41.